The van der Waals surface area contributed by atoms with Gasteiger partial charge in [-0.3, -0.25) is 4.57 Å². The first-order valence-electron chi connectivity index (χ1n) is 9.57. The third-order valence-electron chi connectivity index (χ3n) is 4.98. The Morgan fingerprint density at radius 3 is 2.19 bits per heavy atom. The van der Waals surface area contributed by atoms with Crippen LogP contribution in [0.1, 0.15) is 11.1 Å². The molecule has 164 valence electrons. The summed E-state index contributed by atoms with van der Waals surface area (Å²) in [5, 5.41) is 10.3. The Kier molecular flexibility index (Phi) is 6.43. The smallest absolute Gasteiger partial charge is 0.371 e. The molecule has 0 spiro atoms. The molecule has 2 aromatic carbocycles. The van der Waals surface area contributed by atoms with Gasteiger partial charge in [-0.15, -0.1) is 0 Å². The quantitative estimate of drug-likeness (QED) is 0.460. The summed E-state index contributed by atoms with van der Waals surface area (Å²) in [5.41, 5.74) is 5.31. The minimum Gasteiger partial charge on any atom is -0.538 e. The summed E-state index contributed by atoms with van der Waals surface area (Å²) in [6.07, 6.45) is 0. The summed E-state index contributed by atoms with van der Waals surface area (Å²) in [7, 11) is -0.735. The van der Waals surface area contributed by atoms with Crippen LogP contribution in [-0.4, -0.2) is 55.6 Å². The second-order valence-electron chi connectivity index (χ2n) is 7.60. The van der Waals surface area contributed by atoms with Crippen LogP contribution in [0.3, 0.4) is 0 Å². The number of hydrogen-bond acceptors (Lipinski definition) is 6. The number of carboxylic acid groups (broad SMARTS) is 1. The highest BCUT2D eigenvalue weighted by molar-refractivity contribution is 7.69. The first-order valence-corrected chi connectivity index (χ1v) is 11.2. The SMILES string of the molecule is Cc1cc2nc3c4ccccc4n(CCN(C)C)c3nc2cc1C.O=C([O-])P(=O)(O)O. The van der Waals surface area contributed by atoms with Gasteiger partial charge in [0.15, 0.2) is 11.4 Å². The van der Waals surface area contributed by atoms with Crippen molar-refractivity contribution in [3.8, 4) is 0 Å². The normalized spacial score (nSPS) is 11.8. The molecular formula is C21H24N4O5P-. The van der Waals surface area contributed by atoms with Crippen molar-refractivity contribution in [3.05, 3.63) is 47.5 Å². The summed E-state index contributed by atoms with van der Waals surface area (Å²) in [6.45, 7) is 6.13. The van der Waals surface area contributed by atoms with Crippen LogP contribution in [0, 0.1) is 13.8 Å². The Bertz CT molecular complexity index is 1330. The Labute approximate surface area is 179 Å². The van der Waals surface area contributed by atoms with E-state index in [1.54, 1.807) is 0 Å². The molecular weight excluding hydrogens is 419 g/mol. The maximum absolute atomic E-state index is 9.36. The third kappa shape index (κ3) is 4.91. The third-order valence-corrected chi connectivity index (χ3v) is 5.45. The number of benzene rings is 2. The summed E-state index contributed by atoms with van der Waals surface area (Å²) in [6, 6.07) is 12.8. The van der Waals surface area contributed by atoms with Gasteiger partial charge in [0.2, 0.25) is 0 Å². The molecule has 0 aliphatic carbocycles. The van der Waals surface area contributed by atoms with Gasteiger partial charge < -0.3 is 29.2 Å². The second kappa shape index (κ2) is 8.72. The number of carbonyl (C=O) groups excluding carboxylic acids is 1. The first-order chi connectivity index (χ1) is 14.5. The van der Waals surface area contributed by atoms with Gasteiger partial charge in [-0.1, -0.05) is 18.2 Å². The Hall–Kier alpha value is -2.84. The van der Waals surface area contributed by atoms with Crippen molar-refractivity contribution in [2.45, 2.75) is 20.4 Å². The first kappa shape index (κ1) is 22.8. The summed E-state index contributed by atoms with van der Waals surface area (Å²) in [5.74, 6) is 0. The van der Waals surface area contributed by atoms with E-state index in [-0.39, 0.29) is 0 Å². The van der Waals surface area contributed by atoms with Crippen molar-refractivity contribution in [2.75, 3.05) is 20.6 Å². The van der Waals surface area contributed by atoms with E-state index in [2.05, 4.69) is 73.8 Å². The largest absolute Gasteiger partial charge is 0.538 e. The standard InChI is InChI=1S/C20H22N4.CH3O5P/c1-13-11-16-17(12-14(13)2)22-20-19(21-16)15-7-5-6-8-18(15)24(20)10-9-23(3)4;2-1(3)7(4,5)6/h5-8,11-12H,9-10H2,1-4H3;(H,2,3)(H2,4,5,6)/p-1. The minimum absolute atomic E-state index is 0.905. The van der Waals surface area contributed by atoms with Crippen LogP contribution in [0.4, 0.5) is 4.79 Å². The zero-order chi connectivity index (χ0) is 22.9. The average Bonchev–Trinajstić information content (AvgIpc) is 2.98. The molecule has 2 aromatic heterocycles. The summed E-state index contributed by atoms with van der Waals surface area (Å²) in [4.78, 5) is 36.4. The van der Waals surface area contributed by atoms with E-state index in [0.29, 0.717) is 0 Å². The maximum atomic E-state index is 9.36. The number of carbonyl (C=O) groups is 1. The van der Waals surface area contributed by atoms with Crippen molar-refractivity contribution in [2.24, 2.45) is 0 Å². The lowest BCUT2D eigenvalue weighted by atomic mass is 10.1. The van der Waals surface area contributed by atoms with Gasteiger partial charge in [0.1, 0.15) is 5.52 Å². The molecule has 0 aliphatic rings. The number of likely N-dealkylation sites (N-methyl/N-ethyl adjacent to an activating group) is 1. The average molecular weight is 443 g/mol. The second-order valence-corrected chi connectivity index (χ2v) is 9.06. The summed E-state index contributed by atoms with van der Waals surface area (Å²) >= 11 is 0. The monoisotopic (exact) mass is 443 g/mol. The molecule has 2 heterocycles. The molecule has 9 nitrogen and oxygen atoms in total. The molecule has 4 rings (SSSR count). The fourth-order valence-electron chi connectivity index (χ4n) is 3.22. The number of fused-ring (bicyclic) bond motifs is 4. The molecule has 2 N–H and O–H groups in total. The number of para-hydroxylation sites is 1. The van der Waals surface area contributed by atoms with E-state index in [9.17, 15) is 4.57 Å². The van der Waals surface area contributed by atoms with Crippen molar-refractivity contribution in [3.63, 3.8) is 0 Å². The number of nitrogens with zero attached hydrogens (tertiary/aromatic N) is 4. The topological polar surface area (TPSA) is 132 Å². The van der Waals surface area contributed by atoms with Gasteiger partial charge in [-0.05, 0) is 57.3 Å². The fraction of sp³-hybridized carbons (Fsp3) is 0.286. The van der Waals surface area contributed by atoms with Crippen LogP contribution in [0.2, 0.25) is 0 Å². The molecule has 0 aliphatic heterocycles. The number of aromatic nitrogens is 3. The molecule has 0 unspecified atom stereocenters. The Morgan fingerprint density at radius 1 is 1.10 bits per heavy atom. The Morgan fingerprint density at radius 2 is 1.65 bits per heavy atom. The zero-order valence-electron chi connectivity index (χ0n) is 17.7. The predicted octanol–water partition coefficient (Wildman–Crippen LogP) is 2.42. The van der Waals surface area contributed by atoms with E-state index in [4.69, 9.17) is 29.7 Å². The summed E-state index contributed by atoms with van der Waals surface area (Å²) < 4.78 is 11.7. The highest BCUT2D eigenvalue weighted by atomic mass is 31.2. The van der Waals surface area contributed by atoms with Crippen molar-refractivity contribution in [1.29, 1.82) is 0 Å². The fourth-order valence-corrected chi connectivity index (χ4v) is 3.22. The van der Waals surface area contributed by atoms with Crippen LogP contribution in [0.25, 0.3) is 33.1 Å². The highest BCUT2D eigenvalue weighted by Gasteiger charge is 2.15. The van der Waals surface area contributed by atoms with Gasteiger partial charge >= 0.3 is 7.60 Å². The Balaban J connectivity index is 0.000000339. The number of rotatable bonds is 4. The molecule has 0 radical (unpaired) electrons. The van der Waals surface area contributed by atoms with E-state index in [1.807, 2.05) is 0 Å². The maximum Gasteiger partial charge on any atom is 0.371 e. The van der Waals surface area contributed by atoms with Gasteiger partial charge in [-0.25, -0.2) is 9.97 Å². The lowest BCUT2D eigenvalue weighted by Crippen LogP contribution is -2.19. The molecule has 10 heteroatoms. The molecule has 4 aromatic rings. The lowest BCUT2D eigenvalue weighted by Gasteiger charge is -2.12. The van der Waals surface area contributed by atoms with E-state index in [0.717, 1.165) is 35.3 Å². The molecule has 0 bridgehead atoms. The van der Waals surface area contributed by atoms with Crippen molar-refractivity contribution in [1.82, 2.24) is 19.4 Å². The van der Waals surface area contributed by atoms with E-state index >= 15 is 0 Å². The number of hydrogen-bond donors (Lipinski definition) is 2. The molecule has 0 atom stereocenters. The van der Waals surface area contributed by atoms with Crippen molar-refractivity contribution >= 4 is 46.4 Å². The molecule has 0 saturated heterocycles. The minimum atomic E-state index is -4.93. The number of aryl methyl sites for hydroxylation is 2. The van der Waals surface area contributed by atoms with Gasteiger partial charge in [0.25, 0.3) is 0 Å². The molecule has 31 heavy (non-hydrogen) atoms. The molecule has 0 saturated carbocycles. The highest BCUT2D eigenvalue weighted by Crippen LogP contribution is 2.32. The zero-order valence-corrected chi connectivity index (χ0v) is 18.6. The van der Waals surface area contributed by atoms with Crippen LogP contribution in [0.5, 0.6) is 0 Å². The van der Waals surface area contributed by atoms with Gasteiger partial charge in [0, 0.05) is 18.5 Å². The van der Waals surface area contributed by atoms with Crippen molar-refractivity contribution < 1.29 is 24.3 Å². The van der Waals surface area contributed by atoms with Crippen LogP contribution in [0.15, 0.2) is 36.4 Å². The van der Waals surface area contributed by atoms with Crippen LogP contribution < -0.4 is 5.11 Å². The van der Waals surface area contributed by atoms with E-state index in [1.165, 1.54) is 22.0 Å². The lowest BCUT2D eigenvalue weighted by molar-refractivity contribution is -0.236. The molecule has 0 amide bonds. The van der Waals surface area contributed by atoms with E-state index < -0.39 is 13.3 Å². The van der Waals surface area contributed by atoms with Gasteiger partial charge in [-0.2, -0.15) is 0 Å². The predicted molar refractivity (Wildman–Crippen MR) is 118 cm³/mol. The van der Waals surface area contributed by atoms with Crippen LogP contribution >= 0.6 is 7.60 Å². The van der Waals surface area contributed by atoms with Gasteiger partial charge in [0.05, 0.1) is 16.6 Å². The molecule has 0 fully saturated rings. The van der Waals surface area contributed by atoms with Crippen LogP contribution in [-0.2, 0) is 11.1 Å².